The van der Waals surface area contributed by atoms with Gasteiger partial charge in [-0.15, -0.1) is 11.3 Å². The zero-order valence-electron chi connectivity index (χ0n) is 23.4. The van der Waals surface area contributed by atoms with Gasteiger partial charge in [0.15, 0.2) is 0 Å². The average Bonchev–Trinajstić information content (AvgIpc) is 3.62. The number of ether oxygens (including phenoxy) is 1. The molecule has 206 valence electrons. The molecule has 7 nitrogen and oxygen atoms in total. The zero-order chi connectivity index (χ0) is 28.2. The van der Waals surface area contributed by atoms with Crippen LogP contribution in [-0.2, 0) is 6.42 Å². The number of aryl methyl sites for hydroxylation is 1. The highest BCUT2D eigenvalue weighted by Gasteiger charge is 2.17. The first-order valence-corrected chi connectivity index (χ1v) is 14.5. The van der Waals surface area contributed by atoms with Crippen molar-refractivity contribution in [2.75, 3.05) is 37.8 Å². The molecule has 8 heteroatoms. The number of hydrogen-bond donors (Lipinski definition) is 3. The monoisotopic (exact) mass is 553 g/mol. The van der Waals surface area contributed by atoms with Crippen molar-refractivity contribution in [2.24, 2.45) is 0 Å². The number of benzene rings is 2. The van der Waals surface area contributed by atoms with Gasteiger partial charge in [-0.1, -0.05) is 45.1 Å². The molecule has 40 heavy (non-hydrogen) atoms. The number of H-pyrrole nitrogens is 1. The van der Waals surface area contributed by atoms with E-state index in [-0.39, 0.29) is 5.91 Å². The lowest BCUT2D eigenvalue weighted by Gasteiger charge is -2.14. The van der Waals surface area contributed by atoms with Crippen molar-refractivity contribution < 1.29 is 9.53 Å². The van der Waals surface area contributed by atoms with E-state index in [1.165, 1.54) is 5.56 Å². The molecule has 3 aromatic heterocycles. The van der Waals surface area contributed by atoms with Crippen LogP contribution in [0.2, 0.25) is 0 Å². The van der Waals surface area contributed by atoms with Crippen LogP contribution in [0.4, 0.5) is 11.5 Å². The minimum atomic E-state index is -0.226. The molecule has 2 aromatic carbocycles. The van der Waals surface area contributed by atoms with Gasteiger partial charge in [-0.25, -0.2) is 4.98 Å². The fourth-order valence-electron chi connectivity index (χ4n) is 4.90. The Balaban J connectivity index is 1.42. The number of nitrogens with zero attached hydrogens (tertiary/aromatic N) is 2. The highest BCUT2D eigenvalue weighted by molar-refractivity contribution is 7.18. The van der Waals surface area contributed by atoms with Gasteiger partial charge in [-0.2, -0.15) is 0 Å². The van der Waals surface area contributed by atoms with Crippen LogP contribution in [0.25, 0.3) is 38.2 Å². The molecule has 0 aliphatic rings. The Hall–Kier alpha value is -4.14. The maximum Gasteiger partial charge on any atom is 0.272 e. The topological polar surface area (TPSA) is 96.3 Å². The third-order valence-corrected chi connectivity index (χ3v) is 8.34. The summed E-state index contributed by atoms with van der Waals surface area (Å²) < 4.78 is 6.79. The molecule has 0 atom stereocenters. The molecule has 0 radical (unpaired) electrons. The fourth-order valence-corrected chi connectivity index (χ4v) is 5.98. The number of aromatic nitrogens is 2. The summed E-state index contributed by atoms with van der Waals surface area (Å²) in [7, 11) is 1.60. The largest absolute Gasteiger partial charge is 0.495 e. The average molecular weight is 554 g/mol. The van der Waals surface area contributed by atoms with Crippen molar-refractivity contribution >= 4 is 55.8 Å². The number of nitrogen functional groups attached to an aromatic ring is 1. The van der Waals surface area contributed by atoms with Crippen LogP contribution < -0.4 is 15.8 Å². The second-order valence-corrected chi connectivity index (χ2v) is 10.5. The second-order valence-electron chi connectivity index (χ2n) is 9.67. The number of likely N-dealkylation sites (N-methyl/N-ethyl adjacent to an activating group) is 1. The standard InChI is InChI=1S/C32H35N5O2S/c1-5-20-10-12-25-23(15-20)16-27(35-25)32(38)36-26-13-11-21(17-28(26)39-4)24-19-40-30-22(18-34-31(33)29(24)30)9-8-14-37(6-2)7-3/h8-13,15-19,35H,5-7,14H2,1-4H3,(H2,33,34)(H,36,38). The van der Waals surface area contributed by atoms with Crippen LogP contribution in [0.1, 0.15) is 42.4 Å². The third kappa shape index (κ3) is 5.46. The number of thiophene rings is 1. The number of amides is 1. The minimum Gasteiger partial charge on any atom is -0.495 e. The predicted molar refractivity (Wildman–Crippen MR) is 168 cm³/mol. The molecule has 0 spiro atoms. The second kappa shape index (κ2) is 11.9. The molecule has 1 amide bonds. The van der Waals surface area contributed by atoms with Gasteiger partial charge in [0, 0.05) is 44.9 Å². The van der Waals surface area contributed by atoms with E-state index in [1.54, 1.807) is 18.4 Å². The molecule has 0 aliphatic carbocycles. The Labute approximate surface area is 238 Å². The maximum atomic E-state index is 13.1. The molecule has 0 bridgehead atoms. The Morgan fingerprint density at radius 2 is 1.98 bits per heavy atom. The van der Waals surface area contributed by atoms with Crippen LogP contribution in [-0.4, -0.2) is 47.5 Å². The normalized spacial score (nSPS) is 11.7. The Bertz CT molecular complexity index is 1700. The Morgan fingerprint density at radius 1 is 1.15 bits per heavy atom. The number of rotatable bonds is 10. The molecule has 0 aliphatic heterocycles. The number of anilines is 2. The van der Waals surface area contributed by atoms with Gasteiger partial charge < -0.3 is 25.7 Å². The van der Waals surface area contributed by atoms with Crippen molar-refractivity contribution in [3.8, 4) is 16.9 Å². The molecular weight excluding hydrogens is 518 g/mol. The molecular formula is C32H35N5O2S. The van der Waals surface area contributed by atoms with E-state index in [2.05, 4.69) is 70.6 Å². The van der Waals surface area contributed by atoms with E-state index in [9.17, 15) is 4.79 Å². The number of methoxy groups -OCH3 is 1. The SMILES string of the molecule is CCc1ccc2[nH]c(C(=O)Nc3ccc(-c4csc5c(C=CCN(CC)CC)cnc(N)c45)cc3OC)cc2c1. The first-order valence-electron chi connectivity index (χ1n) is 13.6. The quantitative estimate of drug-likeness (QED) is 0.170. The molecule has 5 rings (SSSR count). The van der Waals surface area contributed by atoms with Gasteiger partial charge in [-0.05, 0) is 66.3 Å². The summed E-state index contributed by atoms with van der Waals surface area (Å²) in [6.07, 6.45) is 7.08. The lowest BCUT2D eigenvalue weighted by atomic mass is 10.0. The van der Waals surface area contributed by atoms with Crippen molar-refractivity contribution in [1.29, 1.82) is 0 Å². The summed E-state index contributed by atoms with van der Waals surface area (Å²) in [5.41, 5.74) is 12.6. The van der Waals surface area contributed by atoms with Crippen molar-refractivity contribution in [1.82, 2.24) is 14.9 Å². The van der Waals surface area contributed by atoms with E-state index in [0.29, 0.717) is 22.9 Å². The van der Waals surface area contributed by atoms with Crippen LogP contribution in [0.3, 0.4) is 0 Å². The maximum absolute atomic E-state index is 13.1. The highest BCUT2D eigenvalue weighted by atomic mass is 32.1. The molecule has 0 saturated heterocycles. The first kappa shape index (κ1) is 27.4. The van der Waals surface area contributed by atoms with Gasteiger partial charge in [0.2, 0.25) is 0 Å². The van der Waals surface area contributed by atoms with Gasteiger partial charge in [-0.3, -0.25) is 4.79 Å². The molecule has 4 N–H and O–H groups in total. The number of aromatic amines is 1. The number of pyridine rings is 1. The summed E-state index contributed by atoms with van der Waals surface area (Å²) in [5.74, 6) is 0.834. The van der Waals surface area contributed by atoms with Crippen LogP contribution in [0.15, 0.2) is 60.1 Å². The number of nitrogens with two attached hydrogens (primary N) is 1. The molecule has 5 aromatic rings. The zero-order valence-corrected chi connectivity index (χ0v) is 24.2. The lowest BCUT2D eigenvalue weighted by molar-refractivity contribution is 0.102. The third-order valence-electron chi connectivity index (χ3n) is 7.31. The van der Waals surface area contributed by atoms with Gasteiger partial charge in [0.25, 0.3) is 5.91 Å². The van der Waals surface area contributed by atoms with E-state index >= 15 is 0 Å². The Kier molecular flexibility index (Phi) is 8.19. The highest BCUT2D eigenvalue weighted by Crippen LogP contribution is 2.41. The summed E-state index contributed by atoms with van der Waals surface area (Å²) in [6.45, 7) is 9.37. The van der Waals surface area contributed by atoms with E-state index in [1.807, 2.05) is 36.5 Å². The van der Waals surface area contributed by atoms with Crippen LogP contribution in [0, 0.1) is 0 Å². The lowest BCUT2D eigenvalue weighted by Crippen LogP contribution is -2.22. The van der Waals surface area contributed by atoms with Gasteiger partial charge >= 0.3 is 0 Å². The van der Waals surface area contributed by atoms with Gasteiger partial charge in [0.05, 0.1) is 12.8 Å². The first-order chi connectivity index (χ1) is 19.4. The van der Waals surface area contributed by atoms with Crippen LogP contribution in [0.5, 0.6) is 5.75 Å². The van der Waals surface area contributed by atoms with Gasteiger partial charge in [0.1, 0.15) is 17.3 Å². The number of carbonyl (C=O) groups excluding carboxylic acids is 1. The van der Waals surface area contributed by atoms with E-state index in [0.717, 1.165) is 63.7 Å². The Morgan fingerprint density at radius 3 is 2.73 bits per heavy atom. The summed E-state index contributed by atoms with van der Waals surface area (Å²) in [6, 6.07) is 13.8. The van der Waals surface area contributed by atoms with Crippen LogP contribution >= 0.6 is 11.3 Å². The van der Waals surface area contributed by atoms with Crippen molar-refractivity contribution in [3.63, 3.8) is 0 Å². The van der Waals surface area contributed by atoms with Crippen molar-refractivity contribution in [2.45, 2.75) is 27.2 Å². The summed E-state index contributed by atoms with van der Waals surface area (Å²) >= 11 is 1.65. The number of carbonyl (C=O) groups is 1. The molecule has 0 saturated carbocycles. The fraction of sp³-hybridized carbons (Fsp3) is 0.250. The number of hydrogen-bond acceptors (Lipinski definition) is 6. The number of fused-ring (bicyclic) bond motifs is 2. The smallest absolute Gasteiger partial charge is 0.272 e. The minimum absolute atomic E-state index is 0.226. The summed E-state index contributed by atoms with van der Waals surface area (Å²) in [5, 5.41) is 7.05. The molecule has 0 fully saturated rings. The summed E-state index contributed by atoms with van der Waals surface area (Å²) in [4.78, 5) is 23.2. The van der Waals surface area contributed by atoms with E-state index < -0.39 is 0 Å². The molecule has 0 unspecified atom stereocenters. The van der Waals surface area contributed by atoms with E-state index in [4.69, 9.17) is 10.5 Å². The number of nitrogens with one attached hydrogen (secondary N) is 2. The predicted octanol–water partition coefficient (Wildman–Crippen LogP) is 7.21. The van der Waals surface area contributed by atoms with Crippen molar-refractivity contribution in [3.05, 3.63) is 76.9 Å². The molecule has 3 heterocycles.